The summed E-state index contributed by atoms with van der Waals surface area (Å²) in [5.74, 6) is 0.729. The summed E-state index contributed by atoms with van der Waals surface area (Å²) in [6.07, 6.45) is 2.49. The van der Waals surface area contributed by atoms with Crippen LogP contribution in [0.5, 0.6) is 5.75 Å². The fourth-order valence-corrected chi connectivity index (χ4v) is 2.32. The van der Waals surface area contributed by atoms with Gasteiger partial charge >= 0.3 is 0 Å². The third kappa shape index (κ3) is 2.90. The molecule has 0 saturated carbocycles. The summed E-state index contributed by atoms with van der Waals surface area (Å²) in [4.78, 5) is 0. The summed E-state index contributed by atoms with van der Waals surface area (Å²) < 4.78 is 5.15. The predicted molar refractivity (Wildman–Crippen MR) is 68.0 cm³/mol. The fraction of sp³-hybridized carbons (Fsp3) is 0.538. The average molecular weight is 236 g/mol. The molecule has 0 radical (unpaired) electrons. The first-order valence-corrected chi connectivity index (χ1v) is 6.05. The molecule has 4 nitrogen and oxygen atoms in total. The number of nitrogens with two attached hydrogens (primary N) is 1. The van der Waals surface area contributed by atoms with Gasteiger partial charge in [0.2, 0.25) is 0 Å². The van der Waals surface area contributed by atoms with Gasteiger partial charge in [-0.1, -0.05) is 0 Å². The summed E-state index contributed by atoms with van der Waals surface area (Å²) in [5.41, 5.74) is 7.27. The Morgan fingerprint density at radius 3 is 3.06 bits per heavy atom. The Balaban J connectivity index is 2.08. The van der Waals surface area contributed by atoms with E-state index in [9.17, 15) is 5.11 Å². The van der Waals surface area contributed by atoms with E-state index in [0.717, 1.165) is 24.3 Å². The summed E-state index contributed by atoms with van der Waals surface area (Å²) in [6.45, 7) is 1.05. The Bertz CT molecular complexity index is 376. The van der Waals surface area contributed by atoms with Crippen LogP contribution in [0.15, 0.2) is 18.2 Å². The van der Waals surface area contributed by atoms with Crippen molar-refractivity contribution in [3.63, 3.8) is 0 Å². The first kappa shape index (κ1) is 12.2. The van der Waals surface area contributed by atoms with Crippen molar-refractivity contribution in [1.29, 1.82) is 0 Å². The lowest BCUT2D eigenvalue weighted by Gasteiger charge is -2.18. The van der Waals surface area contributed by atoms with Crippen molar-refractivity contribution in [3.05, 3.63) is 23.8 Å². The van der Waals surface area contributed by atoms with Crippen LogP contribution >= 0.6 is 0 Å². The molecule has 17 heavy (non-hydrogen) atoms. The minimum Gasteiger partial charge on any atom is -0.497 e. The molecule has 1 aromatic rings. The van der Waals surface area contributed by atoms with E-state index in [0.29, 0.717) is 18.2 Å². The lowest BCUT2D eigenvalue weighted by atomic mass is 9.99. The molecule has 4 N–H and O–H groups in total. The smallest absolute Gasteiger partial charge is 0.119 e. The molecule has 0 spiro atoms. The van der Waals surface area contributed by atoms with Crippen LogP contribution in [0.4, 0.5) is 5.69 Å². The molecule has 1 aliphatic heterocycles. The largest absolute Gasteiger partial charge is 0.497 e. The van der Waals surface area contributed by atoms with Crippen LogP contribution in [0.1, 0.15) is 30.9 Å². The molecule has 1 aromatic carbocycles. The minimum absolute atomic E-state index is 0.399. The first-order chi connectivity index (χ1) is 8.20. The number of nitrogen functional groups attached to an aromatic ring is 1. The number of methoxy groups -OCH3 is 1. The second kappa shape index (κ2) is 5.38. The zero-order valence-corrected chi connectivity index (χ0v) is 10.1. The maximum atomic E-state index is 10.2. The first-order valence-electron chi connectivity index (χ1n) is 6.05. The molecule has 2 atom stereocenters. The van der Waals surface area contributed by atoms with E-state index < -0.39 is 6.10 Å². The fourth-order valence-electron chi connectivity index (χ4n) is 2.32. The van der Waals surface area contributed by atoms with Crippen molar-refractivity contribution in [1.82, 2.24) is 5.32 Å². The van der Waals surface area contributed by atoms with Crippen LogP contribution in [-0.2, 0) is 0 Å². The maximum absolute atomic E-state index is 10.2. The molecule has 0 amide bonds. The Labute approximate surface area is 102 Å². The van der Waals surface area contributed by atoms with Gasteiger partial charge in [0.1, 0.15) is 5.75 Å². The Hall–Kier alpha value is -1.26. The van der Waals surface area contributed by atoms with Gasteiger partial charge in [0, 0.05) is 17.3 Å². The monoisotopic (exact) mass is 236 g/mol. The summed E-state index contributed by atoms with van der Waals surface area (Å²) in [6, 6.07) is 5.80. The number of nitrogens with one attached hydrogen (secondary N) is 1. The third-order valence-electron chi connectivity index (χ3n) is 3.32. The highest BCUT2D eigenvalue weighted by atomic mass is 16.5. The summed E-state index contributed by atoms with van der Waals surface area (Å²) in [7, 11) is 1.61. The molecular formula is C13H20N2O2. The quantitative estimate of drug-likeness (QED) is 0.692. The second-order valence-electron chi connectivity index (χ2n) is 4.54. The normalized spacial score (nSPS) is 21.4. The zero-order chi connectivity index (χ0) is 12.3. The van der Waals surface area contributed by atoms with E-state index in [1.165, 1.54) is 6.42 Å². The molecule has 1 heterocycles. The number of hydrogen-bond donors (Lipinski definition) is 3. The van der Waals surface area contributed by atoms with Gasteiger partial charge in [0.25, 0.3) is 0 Å². The molecule has 4 heteroatoms. The zero-order valence-electron chi connectivity index (χ0n) is 10.1. The van der Waals surface area contributed by atoms with E-state index in [1.807, 2.05) is 6.07 Å². The van der Waals surface area contributed by atoms with Gasteiger partial charge in [0.15, 0.2) is 0 Å². The highest BCUT2D eigenvalue weighted by Crippen LogP contribution is 2.29. The van der Waals surface area contributed by atoms with Crippen molar-refractivity contribution < 1.29 is 9.84 Å². The molecule has 0 aliphatic carbocycles. The van der Waals surface area contributed by atoms with Gasteiger partial charge in [0.05, 0.1) is 13.2 Å². The van der Waals surface area contributed by atoms with Crippen molar-refractivity contribution in [2.24, 2.45) is 0 Å². The van der Waals surface area contributed by atoms with Crippen molar-refractivity contribution in [2.75, 3.05) is 19.4 Å². The number of aliphatic hydroxyl groups is 1. The van der Waals surface area contributed by atoms with E-state index in [4.69, 9.17) is 10.5 Å². The van der Waals surface area contributed by atoms with Crippen molar-refractivity contribution in [2.45, 2.75) is 31.4 Å². The Morgan fingerprint density at radius 2 is 2.41 bits per heavy atom. The molecule has 1 aliphatic rings. The van der Waals surface area contributed by atoms with Gasteiger partial charge in [-0.25, -0.2) is 0 Å². The van der Waals surface area contributed by atoms with Gasteiger partial charge in [-0.3, -0.25) is 0 Å². The maximum Gasteiger partial charge on any atom is 0.119 e. The number of aliphatic hydroxyl groups excluding tert-OH is 1. The topological polar surface area (TPSA) is 67.5 Å². The lowest BCUT2D eigenvalue weighted by molar-refractivity contribution is 0.155. The number of ether oxygens (including phenoxy) is 1. The molecule has 0 bridgehead atoms. The van der Waals surface area contributed by atoms with E-state index in [-0.39, 0.29) is 0 Å². The summed E-state index contributed by atoms with van der Waals surface area (Å²) in [5, 5.41) is 13.6. The van der Waals surface area contributed by atoms with Crippen LogP contribution in [0, 0.1) is 0 Å². The van der Waals surface area contributed by atoms with E-state index >= 15 is 0 Å². The van der Waals surface area contributed by atoms with Gasteiger partial charge in [-0.2, -0.15) is 0 Å². The second-order valence-corrected chi connectivity index (χ2v) is 4.54. The highest BCUT2D eigenvalue weighted by molar-refractivity contribution is 5.51. The lowest BCUT2D eigenvalue weighted by Crippen LogP contribution is -2.24. The van der Waals surface area contributed by atoms with Crippen molar-refractivity contribution >= 4 is 5.69 Å². The number of hydrogen-bond acceptors (Lipinski definition) is 4. The number of benzene rings is 1. The van der Waals surface area contributed by atoms with Crippen molar-refractivity contribution in [3.8, 4) is 5.75 Å². The van der Waals surface area contributed by atoms with Crippen LogP contribution in [0.2, 0.25) is 0 Å². The molecular weight excluding hydrogens is 216 g/mol. The molecule has 1 saturated heterocycles. The standard InChI is InChI=1S/C13H20N2O2/c1-17-10-4-5-12(14)11(8-10)13(16)7-9-3-2-6-15-9/h4-5,8-9,13,15-16H,2-3,6-7,14H2,1H3. The van der Waals surface area contributed by atoms with Gasteiger partial charge in [-0.05, 0) is 44.0 Å². The predicted octanol–water partition coefficient (Wildman–Crippen LogP) is 1.45. The molecule has 94 valence electrons. The third-order valence-corrected chi connectivity index (χ3v) is 3.32. The Kier molecular flexibility index (Phi) is 3.86. The van der Waals surface area contributed by atoms with E-state index in [1.54, 1.807) is 19.2 Å². The number of anilines is 1. The SMILES string of the molecule is COc1ccc(N)c(C(O)CC2CCCN2)c1. The minimum atomic E-state index is -0.527. The van der Waals surface area contributed by atoms with E-state index in [2.05, 4.69) is 5.32 Å². The molecule has 2 unspecified atom stereocenters. The molecule has 0 aromatic heterocycles. The van der Waals surface area contributed by atoms with Crippen LogP contribution in [-0.4, -0.2) is 24.8 Å². The highest BCUT2D eigenvalue weighted by Gasteiger charge is 2.20. The van der Waals surface area contributed by atoms with Gasteiger partial charge < -0.3 is 20.9 Å². The molecule has 1 fully saturated rings. The summed E-state index contributed by atoms with van der Waals surface area (Å²) >= 11 is 0. The van der Waals surface area contributed by atoms with Crippen LogP contribution < -0.4 is 15.8 Å². The van der Waals surface area contributed by atoms with Crippen LogP contribution in [0.25, 0.3) is 0 Å². The average Bonchev–Trinajstić information content (AvgIpc) is 2.82. The number of rotatable bonds is 4. The van der Waals surface area contributed by atoms with Gasteiger partial charge in [-0.15, -0.1) is 0 Å². The molecule has 2 rings (SSSR count). The van der Waals surface area contributed by atoms with Crippen LogP contribution in [0.3, 0.4) is 0 Å². The Morgan fingerprint density at radius 1 is 1.59 bits per heavy atom.